The van der Waals surface area contributed by atoms with Gasteiger partial charge in [-0.05, 0) is 38.3 Å². The molecular formula is C19H30N2O. The summed E-state index contributed by atoms with van der Waals surface area (Å²) in [6, 6.07) is 11.8. The van der Waals surface area contributed by atoms with Crippen LogP contribution in [0.25, 0.3) is 0 Å². The quantitative estimate of drug-likeness (QED) is 0.896. The molecule has 0 bridgehead atoms. The van der Waals surface area contributed by atoms with Gasteiger partial charge in [0.15, 0.2) is 0 Å². The Kier molecular flexibility index (Phi) is 5.37. The van der Waals surface area contributed by atoms with Crippen LogP contribution in [0.4, 0.5) is 5.69 Å². The molecule has 1 aromatic rings. The first-order valence-corrected chi connectivity index (χ1v) is 8.96. The third kappa shape index (κ3) is 4.02. The summed E-state index contributed by atoms with van der Waals surface area (Å²) in [5.41, 5.74) is 1.28. The monoisotopic (exact) mass is 302 g/mol. The van der Waals surface area contributed by atoms with E-state index in [1.54, 1.807) is 0 Å². The number of nitrogens with zero attached hydrogens (tertiary/aromatic N) is 1. The van der Waals surface area contributed by atoms with Gasteiger partial charge in [-0.1, -0.05) is 37.5 Å². The molecule has 0 spiro atoms. The molecule has 1 aliphatic heterocycles. The highest BCUT2D eigenvalue weighted by Gasteiger charge is 2.31. The Labute approximate surface area is 134 Å². The molecule has 2 fully saturated rings. The van der Waals surface area contributed by atoms with Gasteiger partial charge in [0, 0.05) is 36.8 Å². The molecule has 22 heavy (non-hydrogen) atoms. The number of aliphatic hydroxyl groups excluding tert-OH is 1. The highest BCUT2D eigenvalue weighted by molar-refractivity contribution is 5.46. The summed E-state index contributed by atoms with van der Waals surface area (Å²) in [5.74, 6) is 0.357. The number of benzene rings is 1. The predicted molar refractivity (Wildman–Crippen MR) is 92.2 cm³/mol. The maximum atomic E-state index is 10.1. The van der Waals surface area contributed by atoms with E-state index in [0.29, 0.717) is 18.0 Å². The summed E-state index contributed by atoms with van der Waals surface area (Å²) < 4.78 is 0. The fraction of sp³-hybridized carbons (Fsp3) is 0.684. The number of aliphatic hydroxyl groups is 1. The maximum Gasteiger partial charge on any atom is 0.0557 e. The van der Waals surface area contributed by atoms with Gasteiger partial charge in [-0.15, -0.1) is 0 Å². The van der Waals surface area contributed by atoms with Crippen molar-refractivity contribution in [3.05, 3.63) is 30.3 Å². The van der Waals surface area contributed by atoms with Crippen molar-refractivity contribution in [3.8, 4) is 0 Å². The van der Waals surface area contributed by atoms with Crippen LogP contribution in [-0.2, 0) is 0 Å². The molecule has 122 valence electrons. The zero-order valence-electron chi connectivity index (χ0n) is 13.7. The van der Waals surface area contributed by atoms with E-state index in [0.717, 1.165) is 19.5 Å². The summed E-state index contributed by atoms with van der Waals surface area (Å²) in [6.07, 6.45) is 7.64. The van der Waals surface area contributed by atoms with Gasteiger partial charge in [-0.3, -0.25) is 0 Å². The van der Waals surface area contributed by atoms with E-state index in [-0.39, 0.29) is 6.10 Å². The SMILES string of the molecule is CC(O)C1CC(NC2CCCCC2)CN(c2ccccc2)C1. The van der Waals surface area contributed by atoms with Crippen molar-refractivity contribution in [2.45, 2.75) is 63.6 Å². The molecule has 3 unspecified atom stereocenters. The molecule has 2 aliphatic rings. The third-order valence-corrected chi connectivity index (χ3v) is 5.36. The average molecular weight is 302 g/mol. The minimum absolute atomic E-state index is 0.234. The standard InChI is InChI=1S/C19H30N2O/c1-15(22)16-12-18(20-17-8-4-2-5-9-17)14-21(13-16)19-10-6-3-7-11-19/h3,6-7,10-11,15-18,20,22H,2,4-5,8-9,12-14H2,1H3. The lowest BCUT2D eigenvalue weighted by molar-refractivity contribution is 0.103. The van der Waals surface area contributed by atoms with Crippen LogP contribution in [0.15, 0.2) is 30.3 Å². The Morgan fingerprint density at radius 3 is 2.45 bits per heavy atom. The minimum Gasteiger partial charge on any atom is -0.393 e. The van der Waals surface area contributed by atoms with Crippen LogP contribution in [0, 0.1) is 5.92 Å². The van der Waals surface area contributed by atoms with E-state index in [2.05, 4.69) is 40.5 Å². The predicted octanol–water partition coefficient (Wildman–Crippen LogP) is 3.18. The van der Waals surface area contributed by atoms with Crippen molar-refractivity contribution in [1.29, 1.82) is 0 Å². The molecule has 3 nitrogen and oxygen atoms in total. The van der Waals surface area contributed by atoms with Crippen molar-refractivity contribution in [1.82, 2.24) is 5.32 Å². The van der Waals surface area contributed by atoms with Crippen LogP contribution in [0.1, 0.15) is 45.4 Å². The van der Waals surface area contributed by atoms with E-state index >= 15 is 0 Å². The summed E-state index contributed by atoms with van der Waals surface area (Å²) in [4.78, 5) is 2.45. The average Bonchev–Trinajstić information content (AvgIpc) is 2.56. The summed E-state index contributed by atoms with van der Waals surface area (Å²) in [5, 5.41) is 14.0. The molecule has 2 N–H and O–H groups in total. The minimum atomic E-state index is -0.234. The van der Waals surface area contributed by atoms with Gasteiger partial charge >= 0.3 is 0 Å². The van der Waals surface area contributed by atoms with E-state index in [9.17, 15) is 5.11 Å². The van der Waals surface area contributed by atoms with Crippen LogP contribution >= 0.6 is 0 Å². The molecule has 1 heterocycles. The van der Waals surface area contributed by atoms with Gasteiger partial charge in [0.1, 0.15) is 0 Å². The van der Waals surface area contributed by atoms with Gasteiger partial charge < -0.3 is 15.3 Å². The smallest absolute Gasteiger partial charge is 0.0557 e. The Morgan fingerprint density at radius 1 is 1.05 bits per heavy atom. The lowest BCUT2D eigenvalue weighted by Crippen LogP contribution is -2.54. The van der Waals surface area contributed by atoms with E-state index in [1.165, 1.54) is 37.8 Å². The van der Waals surface area contributed by atoms with Crippen molar-refractivity contribution in [2.75, 3.05) is 18.0 Å². The normalized spacial score (nSPS) is 28.5. The first-order chi connectivity index (χ1) is 10.7. The molecule has 1 aromatic carbocycles. The second kappa shape index (κ2) is 7.47. The number of rotatable bonds is 4. The van der Waals surface area contributed by atoms with Gasteiger partial charge in [0.05, 0.1) is 6.10 Å². The molecule has 3 rings (SSSR count). The van der Waals surface area contributed by atoms with E-state index in [1.807, 2.05) is 6.92 Å². The van der Waals surface area contributed by atoms with Gasteiger partial charge in [0.2, 0.25) is 0 Å². The van der Waals surface area contributed by atoms with Crippen molar-refractivity contribution in [3.63, 3.8) is 0 Å². The number of anilines is 1. The highest BCUT2D eigenvalue weighted by atomic mass is 16.3. The Morgan fingerprint density at radius 2 is 1.77 bits per heavy atom. The molecule has 1 saturated heterocycles. The molecule has 0 amide bonds. The number of para-hydroxylation sites is 1. The van der Waals surface area contributed by atoms with Crippen molar-refractivity contribution < 1.29 is 5.11 Å². The third-order valence-electron chi connectivity index (χ3n) is 5.36. The topological polar surface area (TPSA) is 35.5 Å². The zero-order valence-corrected chi connectivity index (χ0v) is 13.7. The summed E-state index contributed by atoms with van der Waals surface area (Å²) >= 11 is 0. The Hall–Kier alpha value is -1.06. The Balaban J connectivity index is 1.67. The lowest BCUT2D eigenvalue weighted by Gasteiger charge is -2.42. The summed E-state index contributed by atoms with van der Waals surface area (Å²) in [6.45, 7) is 3.96. The van der Waals surface area contributed by atoms with Crippen LogP contribution in [-0.4, -0.2) is 36.4 Å². The van der Waals surface area contributed by atoms with Crippen LogP contribution in [0.3, 0.4) is 0 Å². The Bertz CT molecular complexity index is 442. The lowest BCUT2D eigenvalue weighted by atomic mass is 9.88. The fourth-order valence-electron chi connectivity index (χ4n) is 4.06. The van der Waals surface area contributed by atoms with Crippen LogP contribution in [0.2, 0.25) is 0 Å². The second-order valence-electron chi connectivity index (χ2n) is 7.18. The molecule has 0 radical (unpaired) electrons. The molecule has 3 heteroatoms. The van der Waals surface area contributed by atoms with Crippen LogP contribution < -0.4 is 10.2 Å². The highest BCUT2D eigenvalue weighted by Crippen LogP contribution is 2.27. The van der Waals surface area contributed by atoms with E-state index in [4.69, 9.17) is 0 Å². The largest absolute Gasteiger partial charge is 0.393 e. The van der Waals surface area contributed by atoms with Crippen LogP contribution in [0.5, 0.6) is 0 Å². The molecule has 3 atom stereocenters. The second-order valence-corrected chi connectivity index (χ2v) is 7.18. The summed E-state index contributed by atoms with van der Waals surface area (Å²) in [7, 11) is 0. The molecule has 1 aliphatic carbocycles. The van der Waals surface area contributed by atoms with E-state index < -0.39 is 0 Å². The number of nitrogens with one attached hydrogen (secondary N) is 1. The number of piperidine rings is 1. The first kappa shape index (κ1) is 15.8. The van der Waals surface area contributed by atoms with Gasteiger partial charge in [-0.25, -0.2) is 0 Å². The zero-order chi connectivity index (χ0) is 15.4. The fourth-order valence-corrected chi connectivity index (χ4v) is 4.06. The molecule has 0 aromatic heterocycles. The number of hydrogen-bond acceptors (Lipinski definition) is 3. The molecule has 1 saturated carbocycles. The molecular weight excluding hydrogens is 272 g/mol. The van der Waals surface area contributed by atoms with Gasteiger partial charge in [0.25, 0.3) is 0 Å². The maximum absolute atomic E-state index is 10.1. The first-order valence-electron chi connectivity index (χ1n) is 8.96. The van der Waals surface area contributed by atoms with Crippen molar-refractivity contribution >= 4 is 5.69 Å². The number of hydrogen-bond donors (Lipinski definition) is 2. The van der Waals surface area contributed by atoms with Gasteiger partial charge in [-0.2, -0.15) is 0 Å². The van der Waals surface area contributed by atoms with Crippen molar-refractivity contribution in [2.24, 2.45) is 5.92 Å².